The summed E-state index contributed by atoms with van der Waals surface area (Å²) >= 11 is 0. The monoisotopic (exact) mass is 466 g/mol. The highest BCUT2D eigenvalue weighted by Crippen LogP contribution is 2.31. The van der Waals surface area contributed by atoms with Gasteiger partial charge in [-0.3, -0.25) is 4.79 Å². The van der Waals surface area contributed by atoms with Crippen LogP contribution >= 0.6 is 0 Å². The van der Waals surface area contributed by atoms with E-state index in [0.29, 0.717) is 52.8 Å². The SMILES string of the molecule is CCCOC(=O)c1ccc(Oc2c(C)oc3c(C[NH+]4CCCC[C@@H]4C)c(O)ccc3c2=O)cc1. The normalized spacial score (nSPS) is 18.1. The molecule has 3 aromatic rings. The first kappa shape index (κ1) is 23.8. The van der Waals surface area contributed by atoms with Crippen molar-refractivity contribution in [3.8, 4) is 17.2 Å². The molecular weight excluding hydrogens is 434 g/mol. The Labute approximate surface area is 198 Å². The summed E-state index contributed by atoms with van der Waals surface area (Å²) < 4.78 is 17.1. The third-order valence-electron chi connectivity index (χ3n) is 6.49. The lowest BCUT2D eigenvalue weighted by atomic mass is 10.0. The van der Waals surface area contributed by atoms with E-state index in [1.807, 2.05) is 6.92 Å². The third-order valence-corrected chi connectivity index (χ3v) is 6.49. The molecule has 0 saturated carbocycles. The number of aromatic hydroxyl groups is 1. The van der Waals surface area contributed by atoms with Crippen molar-refractivity contribution in [3.63, 3.8) is 0 Å². The summed E-state index contributed by atoms with van der Waals surface area (Å²) in [7, 11) is 0. The van der Waals surface area contributed by atoms with Crippen LogP contribution in [0.1, 0.15) is 61.2 Å². The molecule has 2 heterocycles. The molecule has 1 aromatic heterocycles. The third kappa shape index (κ3) is 4.94. The van der Waals surface area contributed by atoms with Crippen LogP contribution in [-0.4, -0.2) is 30.3 Å². The summed E-state index contributed by atoms with van der Waals surface area (Å²) in [6.45, 7) is 7.83. The second kappa shape index (κ2) is 10.3. The number of phenols is 1. The number of hydrogen-bond donors (Lipinski definition) is 2. The van der Waals surface area contributed by atoms with E-state index in [2.05, 4.69) is 6.92 Å². The van der Waals surface area contributed by atoms with Gasteiger partial charge >= 0.3 is 5.97 Å². The summed E-state index contributed by atoms with van der Waals surface area (Å²) in [6, 6.07) is 10.1. The molecule has 0 aliphatic carbocycles. The quantitative estimate of drug-likeness (QED) is 0.509. The smallest absolute Gasteiger partial charge is 0.338 e. The largest absolute Gasteiger partial charge is 0.507 e. The number of aryl methyl sites for hydroxylation is 1. The van der Waals surface area contributed by atoms with E-state index in [1.54, 1.807) is 43.3 Å². The zero-order valence-electron chi connectivity index (χ0n) is 20.0. The number of quaternary nitrogens is 1. The number of nitrogens with one attached hydrogen (secondary N) is 1. The van der Waals surface area contributed by atoms with Gasteiger partial charge < -0.3 is 23.9 Å². The fourth-order valence-corrected chi connectivity index (χ4v) is 4.48. The number of carbonyl (C=O) groups is 1. The first-order chi connectivity index (χ1) is 16.4. The van der Waals surface area contributed by atoms with E-state index in [9.17, 15) is 14.7 Å². The van der Waals surface area contributed by atoms with Gasteiger partial charge in [0.2, 0.25) is 11.2 Å². The van der Waals surface area contributed by atoms with Crippen LogP contribution in [0.4, 0.5) is 0 Å². The fourth-order valence-electron chi connectivity index (χ4n) is 4.48. The van der Waals surface area contributed by atoms with E-state index >= 15 is 0 Å². The Morgan fingerprint density at radius 1 is 1.18 bits per heavy atom. The number of ether oxygens (including phenoxy) is 2. The maximum atomic E-state index is 13.3. The van der Waals surface area contributed by atoms with Crippen molar-refractivity contribution < 1.29 is 28.7 Å². The minimum atomic E-state index is -0.396. The number of piperidine rings is 1. The van der Waals surface area contributed by atoms with Crippen LogP contribution in [-0.2, 0) is 11.3 Å². The van der Waals surface area contributed by atoms with Crippen LogP contribution in [0.25, 0.3) is 11.0 Å². The highest BCUT2D eigenvalue weighted by molar-refractivity contribution is 5.89. The summed E-state index contributed by atoms with van der Waals surface area (Å²) in [5, 5.41) is 11.0. The Balaban J connectivity index is 1.63. The number of rotatable bonds is 7. The van der Waals surface area contributed by atoms with E-state index < -0.39 is 5.97 Å². The first-order valence-electron chi connectivity index (χ1n) is 12.0. The molecule has 1 fully saturated rings. The van der Waals surface area contributed by atoms with Crippen molar-refractivity contribution in [1.82, 2.24) is 0 Å². The summed E-state index contributed by atoms with van der Waals surface area (Å²) in [5.41, 5.74) is 1.18. The van der Waals surface area contributed by atoms with Crippen LogP contribution in [0.3, 0.4) is 0 Å². The number of hydrogen-bond acceptors (Lipinski definition) is 6. The van der Waals surface area contributed by atoms with Gasteiger partial charge in [0.1, 0.15) is 23.8 Å². The Morgan fingerprint density at radius 3 is 2.65 bits per heavy atom. The van der Waals surface area contributed by atoms with Gasteiger partial charge in [-0.1, -0.05) is 6.92 Å². The van der Waals surface area contributed by atoms with Crippen molar-refractivity contribution in [2.75, 3.05) is 13.2 Å². The van der Waals surface area contributed by atoms with E-state index in [4.69, 9.17) is 13.9 Å². The molecule has 1 aliphatic rings. The van der Waals surface area contributed by atoms with Crippen molar-refractivity contribution in [2.45, 2.75) is 59.0 Å². The molecule has 7 heteroatoms. The van der Waals surface area contributed by atoms with Crippen molar-refractivity contribution in [2.24, 2.45) is 0 Å². The Morgan fingerprint density at radius 2 is 1.94 bits per heavy atom. The molecule has 2 N–H and O–H groups in total. The molecule has 1 aliphatic heterocycles. The van der Waals surface area contributed by atoms with Gasteiger partial charge in [0.25, 0.3) is 0 Å². The predicted octanol–water partition coefficient (Wildman–Crippen LogP) is 4.12. The minimum absolute atomic E-state index is 0.0872. The molecule has 0 spiro atoms. The molecule has 4 rings (SSSR count). The van der Waals surface area contributed by atoms with Gasteiger partial charge in [-0.15, -0.1) is 0 Å². The molecule has 0 radical (unpaired) electrons. The molecule has 0 bridgehead atoms. The van der Waals surface area contributed by atoms with Crippen LogP contribution in [0.5, 0.6) is 17.2 Å². The Hall–Kier alpha value is -3.32. The molecule has 0 amide bonds. The lowest BCUT2D eigenvalue weighted by molar-refractivity contribution is -0.941. The van der Waals surface area contributed by atoms with E-state index in [-0.39, 0.29) is 16.9 Å². The Kier molecular flexibility index (Phi) is 7.22. The molecule has 2 aromatic carbocycles. The van der Waals surface area contributed by atoms with Crippen molar-refractivity contribution >= 4 is 16.9 Å². The highest BCUT2D eigenvalue weighted by Gasteiger charge is 2.26. The lowest BCUT2D eigenvalue weighted by Gasteiger charge is -2.30. The maximum Gasteiger partial charge on any atom is 0.338 e. The van der Waals surface area contributed by atoms with Crippen molar-refractivity contribution in [1.29, 1.82) is 0 Å². The number of likely N-dealkylation sites (tertiary alicyclic amines) is 1. The van der Waals surface area contributed by atoms with Crippen LogP contribution < -0.4 is 15.1 Å². The molecular formula is C27H32NO6+. The fraction of sp³-hybridized carbons (Fsp3) is 0.407. The van der Waals surface area contributed by atoms with Gasteiger partial charge in [-0.25, -0.2) is 4.79 Å². The van der Waals surface area contributed by atoms with Gasteiger partial charge in [-0.2, -0.15) is 0 Å². The zero-order valence-corrected chi connectivity index (χ0v) is 20.0. The number of phenolic OH excluding ortho intramolecular Hbond substituents is 1. The summed E-state index contributed by atoms with van der Waals surface area (Å²) in [4.78, 5) is 26.7. The molecule has 180 valence electrons. The predicted molar refractivity (Wildman–Crippen MR) is 129 cm³/mol. The average molecular weight is 467 g/mol. The Bertz CT molecular complexity index is 1230. The standard InChI is InChI=1S/C27H31NO6/c1-4-15-32-27(31)19-8-10-20(11-9-19)34-25-18(3)33-26-21(24(25)30)12-13-23(29)22(26)16-28-14-6-5-7-17(28)2/h8-13,17,29H,4-7,14-16H2,1-3H3/p+1/t17-/m0/s1. The van der Waals surface area contributed by atoms with E-state index in [1.165, 1.54) is 11.3 Å². The van der Waals surface area contributed by atoms with Gasteiger partial charge in [-0.05, 0) is 75.9 Å². The summed E-state index contributed by atoms with van der Waals surface area (Å²) in [5.74, 6) is 0.570. The molecule has 1 saturated heterocycles. The van der Waals surface area contributed by atoms with Crippen molar-refractivity contribution in [3.05, 3.63) is 63.5 Å². The zero-order chi connectivity index (χ0) is 24.2. The second-order valence-corrected chi connectivity index (χ2v) is 9.00. The van der Waals surface area contributed by atoms with E-state index in [0.717, 1.165) is 25.8 Å². The molecule has 7 nitrogen and oxygen atoms in total. The van der Waals surface area contributed by atoms with Gasteiger partial charge in [0.15, 0.2) is 5.58 Å². The summed E-state index contributed by atoms with van der Waals surface area (Å²) in [6.07, 6.45) is 4.28. The second-order valence-electron chi connectivity index (χ2n) is 9.00. The number of benzene rings is 2. The number of carbonyl (C=O) groups excluding carboxylic acids is 1. The van der Waals surface area contributed by atoms with Gasteiger partial charge in [0, 0.05) is 0 Å². The first-order valence-corrected chi connectivity index (χ1v) is 12.0. The number of fused-ring (bicyclic) bond motifs is 1. The lowest BCUT2D eigenvalue weighted by Crippen LogP contribution is -3.14. The van der Waals surface area contributed by atoms with Crippen LogP contribution in [0.15, 0.2) is 45.6 Å². The maximum absolute atomic E-state index is 13.3. The van der Waals surface area contributed by atoms with Crippen LogP contribution in [0.2, 0.25) is 0 Å². The number of esters is 1. The molecule has 2 atom stereocenters. The van der Waals surface area contributed by atoms with Gasteiger partial charge in [0.05, 0.1) is 35.7 Å². The topological polar surface area (TPSA) is 90.4 Å². The molecule has 34 heavy (non-hydrogen) atoms. The molecule has 1 unspecified atom stereocenters. The highest BCUT2D eigenvalue weighted by atomic mass is 16.5. The average Bonchev–Trinajstić information content (AvgIpc) is 2.83. The van der Waals surface area contributed by atoms with Crippen LogP contribution in [0, 0.1) is 6.92 Å². The minimum Gasteiger partial charge on any atom is -0.507 e.